The molecule has 1 saturated carbocycles. The van der Waals surface area contributed by atoms with Gasteiger partial charge in [0.2, 0.25) is 0 Å². The molecule has 0 bridgehead atoms. The van der Waals surface area contributed by atoms with Crippen LogP contribution in [0.2, 0.25) is 0 Å². The molecule has 0 amide bonds. The van der Waals surface area contributed by atoms with E-state index in [-0.39, 0.29) is 11.9 Å². The molecule has 0 spiro atoms. The lowest BCUT2D eigenvalue weighted by atomic mass is 9.75. The second-order valence-electron chi connectivity index (χ2n) is 5.26. The molecule has 0 aromatic carbocycles. The van der Waals surface area contributed by atoms with Crippen molar-refractivity contribution in [2.45, 2.75) is 38.6 Å². The first-order valence-electron chi connectivity index (χ1n) is 6.56. The topological polar surface area (TPSA) is 41.6 Å². The first-order valence-corrected chi connectivity index (χ1v) is 6.56. The number of nitrogens with one attached hydrogen (secondary N) is 1. The third-order valence-electron chi connectivity index (χ3n) is 3.83. The highest BCUT2D eigenvalue weighted by Gasteiger charge is 2.38. The van der Waals surface area contributed by atoms with Gasteiger partial charge in [0.1, 0.15) is 0 Å². The zero-order valence-corrected chi connectivity index (χ0v) is 11.6. The second kappa shape index (κ2) is 6.36. The Morgan fingerprint density at radius 3 is 2.53 bits per heavy atom. The van der Waals surface area contributed by atoms with E-state index in [4.69, 9.17) is 4.74 Å². The van der Waals surface area contributed by atoms with Gasteiger partial charge in [0.05, 0.1) is 12.5 Å². The molecule has 0 aromatic heterocycles. The van der Waals surface area contributed by atoms with Crippen LogP contribution in [0.1, 0.15) is 33.1 Å². The first-order chi connectivity index (χ1) is 8.02. The summed E-state index contributed by atoms with van der Waals surface area (Å²) in [7, 11) is 4.27. The fourth-order valence-corrected chi connectivity index (χ4v) is 2.26. The van der Waals surface area contributed by atoms with E-state index in [9.17, 15) is 4.79 Å². The van der Waals surface area contributed by atoms with Gasteiger partial charge in [-0.3, -0.25) is 4.79 Å². The van der Waals surface area contributed by atoms with Gasteiger partial charge in [0.15, 0.2) is 0 Å². The lowest BCUT2D eigenvalue weighted by molar-refractivity contribution is -0.147. The highest BCUT2D eigenvalue weighted by molar-refractivity contribution is 5.72. The van der Waals surface area contributed by atoms with Crippen LogP contribution in [-0.2, 0) is 9.53 Å². The molecule has 17 heavy (non-hydrogen) atoms. The summed E-state index contributed by atoms with van der Waals surface area (Å²) in [6.45, 7) is 5.88. The minimum Gasteiger partial charge on any atom is -0.466 e. The van der Waals surface area contributed by atoms with Crippen LogP contribution in [0.15, 0.2) is 0 Å². The van der Waals surface area contributed by atoms with E-state index in [0.717, 1.165) is 6.54 Å². The van der Waals surface area contributed by atoms with Crippen LogP contribution < -0.4 is 5.32 Å². The van der Waals surface area contributed by atoms with Crippen molar-refractivity contribution >= 4 is 5.97 Å². The number of hydrogen-bond donors (Lipinski definition) is 1. The number of ether oxygens (including phenoxy) is 1. The van der Waals surface area contributed by atoms with E-state index in [2.05, 4.69) is 24.3 Å². The van der Waals surface area contributed by atoms with Gasteiger partial charge in [0.25, 0.3) is 0 Å². The number of esters is 1. The van der Waals surface area contributed by atoms with E-state index in [1.807, 2.05) is 13.8 Å². The summed E-state index contributed by atoms with van der Waals surface area (Å²) in [5.41, 5.74) is 0.314. The van der Waals surface area contributed by atoms with Gasteiger partial charge in [-0.05, 0) is 40.3 Å². The Kier molecular flexibility index (Phi) is 5.40. The SMILES string of the molecule is CCOC(=O)C(C)CNCC1(N(C)C)CCC1. The molecular formula is C13H26N2O2. The van der Waals surface area contributed by atoms with Crippen LogP contribution in [-0.4, -0.2) is 50.2 Å². The Morgan fingerprint density at radius 2 is 2.12 bits per heavy atom. The van der Waals surface area contributed by atoms with Crippen LogP contribution in [0.5, 0.6) is 0 Å². The second-order valence-corrected chi connectivity index (χ2v) is 5.26. The molecule has 100 valence electrons. The van der Waals surface area contributed by atoms with Crippen LogP contribution in [0.3, 0.4) is 0 Å². The average Bonchev–Trinajstić information content (AvgIpc) is 2.21. The molecule has 1 N–H and O–H groups in total. The fraction of sp³-hybridized carbons (Fsp3) is 0.923. The standard InChI is InChI=1S/C13H26N2O2/c1-5-17-12(16)11(2)9-14-10-13(15(3)4)7-6-8-13/h11,14H,5-10H2,1-4H3. The number of carbonyl (C=O) groups excluding carboxylic acids is 1. The summed E-state index contributed by atoms with van der Waals surface area (Å²) in [4.78, 5) is 13.7. The van der Waals surface area contributed by atoms with Crippen molar-refractivity contribution in [2.24, 2.45) is 5.92 Å². The highest BCUT2D eigenvalue weighted by Crippen LogP contribution is 2.35. The summed E-state index contributed by atoms with van der Waals surface area (Å²) >= 11 is 0. The number of nitrogens with zero attached hydrogens (tertiary/aromatic N) is 1. The van der Waals surface area contributed by atoms with Crippen LogP contribution in [0.25, 0.3) is 0 Å². The van der Waals surface area contributed by atoms with Crippen molar-refractivity contribution in [2.75, 3.05) is 33.8 Å². The summed E-state index contributed by atoms with van der Waals surface area (Å²) in [5, 5.41) is 3.41. The van der Waals surface area contributed by atoms with E-state index >= 15 is 0 Å². The molecule has 0 heterocycles. The average molecular weight is 242 g/mol. The molecule has 4 heteroatoms. The molecule has 1 fully saturated rings. The van der Waals surface area contributed by atoms with E-state index in [1.54, 1.807) is 0 Å². The highest BCUT2D eigenvalue weighted by atomic mass is 16.5. The van der Waals surface area contributed by atoms with Crippen molar-refractivity contribution in [3.8, 4) is 0 Å². The molecule has 1 aliphatic rings. The Balaban J connectivity index is 2.25. The Morgan fingerprint density at radius 1 is 1.47 bits per heavy atom. The molecule has 0 saturated heterocycles. The van der Waals surface area contributed by atoms with Gasteiger partial charge < -0.3 is 15.0 Å². The smallest absolute Gasteiger partial charge is 0.309 e. The van der Waals surface area contributed by atoms with Crippen molar-refractivity contribution < 1.29 is 9.53 Å². The number of likely N-dealkylation sites (N-methyl/N-ethyl adjacent to an activating group) is 1. The molecule has 0 aliphatic heterocycles. The number of hydrogen-bond acceptors (Lipinski definition) is 4. The third-order valence-corrected chi connectivity index (χ3v) is 3.83. The molecule has 4 nitrogen and oxygen atoms in total. The molecule has 0 aromatic rings. The van der Waals surface area contributed by atoms with Crippen LogP contribution in [0.4, 0.5) is 0 Å². The van der Waals surface area contributed by atoms with Crippen molar-refractivity contribution in [3.63, 3.8) is 0 Å². The van der Waals surface area contributed by atoms with Crippen LogP contribution >= 0.6 is 0 Å². The normalized spacial score (nSPS) is 19.8. The van der Waals surface area contributed by atoms with Crippen molar-refractivity contribution in [3.05, 3.63) is 0 Å². The van der Waals surface area contributed by atoms with Gasteiger partial charge in [-0.2, -0.15) is 0 Å². The molecule has 1 atom stereocenters. The van der Waals surface area contributed by atoms with E-state index < -0.39 is 0 Å². The summed E-state index contributed by atoms with van der Waals surface area (Å²) in [5.74, 6) is -0.165. The van der Waals surface area contributed by atoms with Gasteiger partial charge >= 0.3 is 5.97 Å². The van der Waals surface area contributed by atoms with E-state index in [1.165, 1.54) is 19.3 Å². The Labute approximate surface area is 105 Å². The van der Waals surface area contributed by atoms with Gasteiger partial charge in [-0.15, -0.1) is 0 Å². The zero-order valence-electron chi connectivity index (χ0n) is 11.6. The van der Waals surface area contributed by atoms with E-state index in [0.29, 0.717) is 18.7 Å². The zero-order chi connectivity index (χ0) is 12.9. The lowest BCUT2D eigenvalue weighted by Crippen LogP contribution is -2.56. The Hall–Kier alpha value is -0.610. The van der Waals surface area contributed by atoms with Gasteiger partial charge in [0, 0.05) is 18.6 Å². The van der Waals surface area contributed by atoms with Crippen molar-refractivity contribution in [1.29, 1.82) is 0 Å². The largest absolute Gasteiger partial charge is 0.466 e. The predicted octanol–water partition coefficient (Wildman–Crippen LogP) is 1.26. The number of carbonyl (C=O) groups is 1. The minimum atomic E-state index is -0.104. The fourth-order valence-electron chi connectivity index (χ4n) is 2.26. The van der Waals surface area contributed by atoms with Crippen LogP contribution in [0, 0.1) is 5.92 Å². The maximum Gasteiger partial charge on any atom is 0.309 e. The lowest BCUT2D eigenvalue weighted by Gasteiger charge is -2.47. The monoisotopic (exact) mass is 242 g/mol. The maximum absolute atomic E-state index is 11.4. The van der Waals surface area contributed by atoms with Gasteiger partial charge in [-0.1, -0.05) is 6.92 Å². The maximum atomic E-state index is 11.4. The number of rotatable bonds is 7. The summed E-state index contributed by atoms with van der Waals surface area (Å²) in [6, 6.07) is 0. The summed E-state index contributed by atoms with van der Waals surface area (Å²) < 4.78 is 4.98. The molecule has 1 unspecified atom stereocenters. The molecule has 1 aliphatic carbocycles. The van der Waals surface area contributed by atoms with Crippen molar-refractivity contribution in [1.82, 2.24) is 10.2 Å². The third kappa shape index (κ3) is 3.68. The first kappa shape index (κ1) is 14.5. The predicted molar refractivity (Wildman–Crippen MR) is 68.9 cm³/mol. The summed E-state index contributed by atoms with van der Waals surface area (Å²) in [6.07, 6.45) is 3.81. The Bertz CT molecular complexity index is 250. The molecule has 0 radical (unpaired) electrons. The minimum absolute atomic E-state index is 0.0609. The molecule has 1 rings (SSSR count). The molecular weight excluding hydrogens is 216 g/mol. The quantitative estimate of drug-likeness (QED) is 0.682. The van der Waals surface area contributed by atoms with Gasteiger partial charge in [-0.25, -0.2) is 0 Å².